The number of carbonyl (C=O) groups is 1. The number of sulfone groups is 1. The van der Waals surface area contributed by atoms with E-state index in [1.54, 1.807) is 6.92 Å². The Bertz CT molecular complexity index is 1060. The van der Waals surface area contributed by atoms with Crippen LogP contribution in [0.15, 0.2) is 24.7 Å². The number of anilines is 1. The lowest BCUT2D eigenvalue weighted by Gasteiger charge is -2.19. The number of carbonyl (C=O) groups excluding carboxylic acids is 1. The normalized spacial score (nSPS) is 17.7. The quantitative estimate of drug-likeness (QED) is 0.438. The molecule has 1 amide bonds. The molecule has 1 atom stereocenters. The third-order valence-corrected chi connectivity index (χ3v) is 6.66. The van der Waals surface area contributed by atoms with E-state index >= 15 is 0 Å². The van der Waals surface area contributed by atoms with Gasteiger partial charge < -0.3 is 10.1 Å². The van der Waals surface area contributed by atoms with Gasteiger partial charge in [-0.3, -0.25) is 4.79 Å². The highest BCUT2D eigenvalue weighted by atomic mass is 35.5. The van der Waals surface area contributed by atoms with Gasteiger partial charge in [0.15, 0.2) is 20.8 Å². The van der Waals surface area contributed by atoms with Crippen molar-refractivity contribution in [1.82, 2.24) is 9.78 Å². The van der Waals surface area contributed by atoms with Gasteiger partial charge in [-0.05, 0) is 6.92 Å². The molecule has 13 heteroatoms. The highest BCUT2D eigenvalue weighted by Crippen LogP contribution is 2.49. The molecule has 2 aromatic rings. The van der Waals surface area contributed by atoms with E-state index in [1.165, 1.54) is 11.1 Å². The van der Waals surface area contributed by atoms with Crippen molar-refractivity contribution in [3.05, 3.63) is 40.8 Å². The lowest BCUT2D eigenvalue weighted by molar-refractivity contribution is -0.606. The largest absolute Gasteiger partial charge is 0.619 e. The fourth-order valence-electron chi connectivity index (χ4n) is 2.99. The molecule has 3 rings (SSSR count). The van der Waals surface area contributed by atoms with Crippen molar-refractivity contribution in [2.75, 3.05) is 23.0 Å². The number of halogens is 4. The third kappa shape index (κ3) is 5.04. The Balaban J connectivity index is 1.72. The molecule has 1 saturated carbocycles. The summed E-state index contributed by atoms with van der Waals surface area (Å²) in [5.41, 5.74) is 0.201. The monoisotopic (exact) mass is 466 g/mol. The lowest BCUT2D eigenvalue weighted by Crippen LogP contribution is -2.32. The molecule has 164 valence electrons. The molecule has 0 aliphatic heterocycles. The summed E-state index contributed by atoms with van der Waals surface area (Å²) in [6, 6.07) is 1.04. The minimum absolute atomic E-state index is 0.0644. The van der Waals surface area contributed by atoms with Crippen LogP contribution in [-0.4, -0.2) is 48.1 Å². The molecule has 1 unspecified atom stereocenters. The van der Waals surface area contributed by atoms with Gasteiger partial charge in [0.1, 0.15) is 11.4 Å². The molecular weight excluding hydrogens is 449 g/mol. The highest BCUT2D eigenvalue weighted by Gasteiger charge is 2.58. The predicted octanol–water partition coefficient (Wildman–Crippen LogP) is 2.11. The van der Waals surface area contributed by atoms with Crippen LogP contribution in [0.5, 0.6) is 0 Å². The minimum atomic E-state index is -3.83. The van der Waals surface area contributed by atoms with Crippen molar-refractivity contribution in [3.63, 3.8) is 0 Å². The van der Waals surface area contributed by atoms with Crippen LogP contribution in [0.4, 0.5) is 18.9 Å². The van der Waals surface area contributed by atoms with Crippen molar-refractivity contribution >= 4 is 33.0 Å². The number of alkyl halides is 2. The van der Waals surface area contributed by atoms with E-state index in [9.17, 15) is 31.6 Å². The Morgan fingerprint density at radius 1 is 1.47 bits per heavy atom. The van der Waals surface area contributed by atoms with E-state index in [2.05, 4.69) is 5.10 Å². The van der Waals surface area contributed by atoms with Crippen molar-refractivity contribution < 1.29 is 31.1 Å². The van der Waals surface area contributed by atoms with Crippen LogP contribution in [-0.2, 0) is 14.6 Å². The number of nitrogens with zero attached hydrogens (tertiary/aromatic N) is 4. The highest BCUT2D eigenvalue weighted by molar-refractivity contribution is 7.91. The fraction of sp³-hybridized carbons (Fsp3) is 0.471. The second-order valence-electron chi connectivity index (χ2n) is 6.99. The summed E-state index contributed by atoms with van der Waals surface area (Å²) in [7, 11) is -3.83. The molecule has 0 N–H and O–H groups in total. The van der Waals surface area contributed by atoms with Gasteiger partial charge in [0.05, 0.1) is 17.7 Å². The van der Waals surface area contributed by atoms with Gasteiger partial charge in [0.25, 0.3) is 5.92 Å². The van der Waals surface area contributed by atoms with Crippen molar-refractivity contribution in [2.24, 2.45) is 5.92 Å². The maximum Gasteiger partial charge on any atom is 0.252 e. The average Bonchev–Trinajstić information content (AvgIpc) is 3.03. The molecular formula is C17H18ClF3N4O4S. The van der Waals surface area contributed by atoms with E-state index in [0.717, 1.165) is 23.1 Å². The number of amides is 1. The van der Waals surface area contributed by atoms with Gasteiger partial charge in [-0.2, -0.15) is 9.83 Å². The van der Waals surface area contributed by atoms with E-state index in [4.69, 9.17) is 11.6 Å². The first kappa shape index (κ1) is 22.3. The summed E-state index contributed by atoms with van der Waals surface area (Å²) in [4.78, 5) is 13.7. The van der Waals surface area contributed by atoms with Crippen LogP contribution in [0, 0.1) is 16.9 Å². The number of pyridine rings is 1. The van der Waals surface area contributed by atoms with Crippen molar-refractivity contribution in [3.8, 4) is 5.69 Å². The summed E-state index contributed by atoms with van der Waals surface area (Å²) in [5.74, 6) is -6.77. The zero-order chi connectivity index (χ0) is 22.3. The average molecular weight is 467 g/mol. The van der Waals surface area contributed by atoms with Gasteiger partial charge >= 0.3 is 0 Å². The molecule has 1 fully saturated rings. The topological polar surface area (TPSA) is 99.2 Å². The smallest absolute Gasteiger partial charge is 0.252 e. The molecule has 0 spiro atoms. The molecule has 30 heavy (non-hydrogen) atoms. The van der Waals surface area contributed by atoms with Crippen LogP contribution in [0.1, 0.15) is 19.8 Å². The molecule has 0 radical (unpaired) electrons. The van der Waals surface area contributed by atoms with Crippen molar-refractivity contribution in [2.45, 2.75) is 25.7 Å². The van der Waals surface area contributed by atoms with Gasteiger partial charge in [0.2, 0.25) is 18.3 Å². The second-order valence-corrected chi connectivity index (χ2v) is 9.57. The summed E-state index contributed by atoms with van der Waals surface area (Å²) in [6.07, 6.45) is 2.19. The summed E-state index contributed by atoms with van der Waals surface area (Å²) < 4.78 is 64.8. The standard InChI is InChI=1S/C17H18ClF3N4O4S/c1-2-24(15(26)3-4-30(28,29)10-11-6-17(11,20)21)14-9-25(22-16(14)18)13-5-12(19)7-23(27)8-13/h5,7-9,11H,2-4,6,10H2,1H3. The van der Waals surface area contributed by atoms with Gasteiger partial charge in [0, 0.05) is 31.4 Å². The first-order valence-corrected chi connectivity index (χ1v) is 11.2. The number of aromatic nitrogens is 3. The molecule has 8 nitrogen and oxygen atoms in total. The van der Waals surface area contributed by atoms with E-state index in [1.807, 2.05) is 0 Å². The zero-order valence-electron chi connectivity index (χ0n) is 15.8. The fourth-order valence-corrected chi connectivity index (χ4v) is 4.85. The van der Waals surface area contributed by atoms with Crippen molar-refractivity contribution in [1.29, 1.82) is 0 Å². The summed E-state index contributed by atoms with van der Waals surface area (Å²) in [6.45, 7) is 1.74. The van der Waals surface area contributed by atoms with Gasteiger partial charge in [-0.1, -0.05) is 11.6 Å². The number of hydrogen-bond donors (Lipinski definition) is 0. The van der Waals surface area contributed by atoms with E-state index in [-0.39, 0.29) is 27.8 Å². The molecule has 0 bridgehead atoms. The van der Waals surface area contributed by atoms with Crippen LogP contribution in [0.2, 0.25) is 5.15 Å². The first-order valence-electron chi connectivity index (χ1n) is 8.95. The lowest BCUT2D eigenvalue weighted by atomic mass is 10.3. The number of hydrogen-bond acceptors (Lipinski definition) is 5. The zero-order valence-corrected chi connectivity index (χ0v) is 17.3. The maximum atomic E-state index is 13.5. The van der Waals surface area contributed by atoms with Crippen LogP contribution in [0.25, 0.3) is 5.69 Å². The SMILES string of the molecule is CCN(C(=O)CCS(=O)(=O)CC1CC1(F)F)c1cn(-c2cc(F)c[n+]([O-])c2)nc1Cl. The third-order valence-electron chi connectivity index (χ3n) is 4.66. The van der Waals surface area contributed by atoms with Crippen LogP contribution in [0.3, 0.4) is 0 Å². The first-order chi connectivity index (χ1) is 13.9. The molecule has 1 aliphatic rings. The molecule has 2 aromatic heterocycles. The Labute approximate surface area is 175 Å². The Kier molecular flexibility index (Phi) is 6.01. The van der Waals surface area contributed by atoms with Crippen LogP contribution >= 0.6 is 11.6 Å². The van der Waals surface area contributed by atoms with Gasteiger partial charge in [-0.25, -0.2) is 26.3 Å². The molecule has 2 heterocycles. The van der Waals surface area contributed by atoms with E-state index in [0.29, 0.717) is 0 Å². The molecule has 0 saturated heterocycles. The van der Waals surface area contributed by atoms with Crippen LogP contribution < -0.4 is 9.63 Å². The Morgan fingerprint density at radius 3 is 2.70 bits per heavy atom. The summed E-state index contributed by atoms with van der Waals surface area (Å²) in [5, 5.41) is 15.2. The minimum Gasteiger partial charge on any atom is -0.619 e. The van der Waals surface area contributed by atoms with Gasteiger partial charge in [-0.15, -0.1) is 0 Å². The Morgan fingerprint density at radius 2 is 2.13 bits per heavy atom. The molecule has 0 aromatic carbocycles. The molecule has 1 aliphatic carbocycles. The maximum absolute atomic E-state index is 13.5. The van der Waals surface area contributed by atoms with E-state index < -0.39 is 57.7 Å². The second kappa shape index (κ2) is 8.06. The predicted molar refractivity (Wildman–Crippen MR) is 102 cm³/mol. The Hall–Kier alpha value is -2.34. The summed E-state index contributed by atoms with van der Waals surface area (Å²) >= 11 is 6.08. The number of rotatable bonds is 8.